The van der Waals surface area contributed by atoms with E-state index in [0.29, 0.717) is 33.5 Å². The van der Waals surface area contributed by atoms with Crippen LogP contribution in [0.4, 0.5) is 11.4 Å². The van der Waals surface area contributed by atoms with Gasteiger partial charge in [-0.15, -0.1) is 0 Å². The van der Waals surface area contributed by atoms with E-state index in [0.717, 1.165) is 0 Å². The highest BCUT2D eigenvalue weighted by molar-refractivity contribution is 6.31. The number of rotatable bonds is 8. The third-order valence-electron chi connectivity index (χ3n) is 4.05. The molecule has 29 heavy (non-hydrogen) atoms. The molecule has 0 bridgehead atoms. The summed E-state index contributed by atoms with van der Waals surface area (Å²) in [7, 11) is 1.51. The van der Waals surface area contributed by atoms with E-state index in [4.69, 9.17) is 20.8 Å². The van der Waals surface area contributed by atoms with E-state index >= 15 is 0 Å². The van der Waals surface area contributed by atoms with Crippen LogP contribution in [0.2, 0.25) is 5.02 Å². The smallest absolute Gasteiger partial charge is 0.253 e. The predicted molar refractivity (Wildman–Crippen MR) is 111 cm³/mol. The Morgan fingerprint density at radius 3 is 2.66 bits per heavy atom. The number of hydrogen-bond donors (Lipinski definition) is 3. The van der Waals surface area contributed by atoms with Crippen molar-refractivity contribution in [1.29, 1.82) is 0 Å². The molecule has 2 aromatic carbocycles. The van der Waals surface area contributed by atoms with Crippen molar-refractivity contribution in [3.8, 4) is 5.75 Å². The number of hydrogen-bond acceptors (Lipinski definition) is 5. The maximum atomic E-state index is 12.5. The predicted octanol–water partition coefficient (Wildman–Crippen LogP) is 3.92. The SMILES string of the molecule is COc1ccc(Cl)cc1NC(=O)CNc1ccccc1C(=O)NCc1ccco1. The fourth-order valence-corrected chi connectivity index (χ4v) is 2.83. The maximum absolute atomic E-state index is 12.5. The lowest BCUT2D eigenvalue weighted by atomic mass is 10.1. The van der Waals surface area contributed by atoms with E-state index in [9.17, 15) is 9.59 Å². The van der Waals surface area contributed by atoms with Crippen molar-refractivity contribution in [3.05, 3.63) is 77.2 Å². The molecule has 8 heteroatoms. The number of carbonyl (C=O) groups excluding carboxylic acids is 2. The number of methoxy groups -OCH3 is 1. The molecule has 3 N–H and O–H groups in total. The number of benzene rings is 2. The van der Waals surface area contributed by atoms with Gasteiger partial charge in [0.2, 0.25) is 5.91 Å². The molecule has 1 aromatic heterocycles. The second kappa shape index (κ2) is 9.66. The largest absolute Gasteiger partial charge is 0.495 e. The van der Waals surface area contributed by atoms with Gasteiger partial charge < -0.3 is 25.1 Å². The lowest BCUT2D eigenvalue weighted by Gasteiger charge is -2.13. The van der Waals surface area contributed by atoms with Crippen LogP contribution in [0, 0.1) is 0 Å². The Balaban J connectivity index is 1.61. The topological polar surface area (TPSA) is 92.6 Å². The summed E-state index contributed by atoms with van der Waals surface area (Å²) >= 11 is 5.98. The van der Waals surface area contributed by atoms with Crippen LogP contribution in [0.15, 0.2) is 65.3 Å². The number of para-hydroxylation sites is 1. The normalized spacial score (nSPS) is 10.3. The van der Waals surface area contributed by atoms with Crippen molar-refractivity contribution in [3.63, 3.8) is 0 Å². The van der Waals surface area contributed by atoms with Crippen LogP contribution in [-0.2, 0) is 11.3 Å². The number of furan rings is 1. The molecule has 0 atom stereocenters. The number of anilines is 2. The fourth-order valence-electron chi connectivity index (χ4n) is 2.66. The monoisotopic (exact) mass is 413 g/mol. The van der Waals surface area contributed by atoms with Crippen LogP contribution in [0.25, 0.3) is 0 Å². The first-order valence-corrected chi connectivity index (χ1v) is 9.21. The van der Waals surface area contributed by atoms with Crippen molar-refractivity contribution >= 4 is 34.8 Å². The van der Waals surface area contributed by atoms with Gasteiger partial charge in [0, 0.05) is 10.7 Å². The van der Waals surface area contributed by atoms with Gasteiger partial charge in [-0.2, -0.15) is 0 Å². The van der Waals surface area contributed by atoms with E-state index in [-0.39, 0.29) is 24.9 Å². The van der Waals surface area contributed by atoms with Crippen molar-refractivity contribution in [2.75, 3.05) is 24.3 Å². The molecule has 1 heterocycles. The van der Waals surface area contributed by atoms with Gasteiger partial charge in [-0.3, -0.25) is 9.59 Å². The minimum Gasteiger partial charge on any atom is -0.495 e. The van der Waals surface area contributed by atoms with Crippen LogP contribution in [0.5, 0.6) is 5.75 Å². The Labute approximate surface area is 173 Å². The Bertz CT molecular complexity index is 989. The van der Waals surface area contributed by atoms with Crippen LogP contribution < -0.4 is 20.7 Å². The van der Waals surface area contributed by atoms with Crippen molar-refractivity contribution in [2.24, 2.45) is 0 Å². The molecular formula is C21H20ClN3O4. The summed E-state index contributed by atoms with van der Waals surface area (Å²) in [5.41, 5.74) is 1.43. The van der Waals surface area contributed by atoms with Gasteiger partial charge in [-0.05, 0) is 42.5 Å². The van der Waals surface area contributed by atoms with Crippen molar-refractivity contribution < 1.29 is 18.7 Å². The molecule has 0 spiro atoms. The molecule has 0 aliphatic carbocycles. The van der Waals surface area contributed by atoms with E-state index in [1.807, 2.05) is 0 Å². The molecule has 0 unspecified atom stereocenters. The zero-order valence-corrected chi connectivity index (χ0v) is 16.5. The first-order chi connectivity index (χ1) is 14.1. The zero-order chi connectivity index (χ0) is 20.6. The Hall–Kier alpha value is -3.45. The molecule has 3 aromatic rings. The summed E-state index contributed by atoms with van der Waals surface area (Å²) in [6.07, 6.45) is 1.55. The van der Waals surface area contributed by atoms with E-state index in [1.165, 1.54) is 7.11 Å². The molecule has 2 amide bonds. The molecule has 0 fully saturated rings. The third-order valence-corrected chi connectivity index (χ3v) is 4.29. The molecule has 3 rings (SSSR count). The molecule has 0 radical (unpaired) electrons. The zero-order valence-electron chi connectivity index (χ0n) is 15.7. The van der Waals surface area contributed by atoms with E-state index in [1.54, 1.807) is 60.9 Å². The molecule has 0 aliphatic heterocycles. The number of ether oxygens (including phenoxy) is 1. The minimum atomic E-state index is -0.309. The van der Waals surface area contributed by atoms with E-state index < -0.39 is 0 Å². The third kappa shape index (κ3) is 5.52. The van der Waals surface area contributed by atoms with Crippen LogP contribution in [-0.4, -0.2) is 25.5 Å². The van der Waals surface area contributed by atoms with E-state index in [2.05, 4.69) is 16.0 Å². The highest BCUT2D eigenvalue weighted by atomic mass is 35.5. The number of carbonyl (C=O) groups is 2. The second-order valence-electron chi connectivity index (χ2n) is 6.05. The first kappa shape index (κ1) is 20.3. The van der Waals surface area contributed by atoms with Gasteiger partial charge in [-0.25, -0.2) is 0 Å². The number of nitrogens with one attached hydrogen (secondary N) is 3. The van der Waals surface area contributed by atoms with Gasteiger partial charge in [-0.1, -0.05) is 23.7 Å². The van der Waals surface area contributed by atoms with Gasteiger partial charge >= 0.3 is 0 Å². The summed E-state index contributed by atoms with van der Waals surface area (Å²) in [6.45, 7) is 0.230. The first-order valence-electron chi connectivity index (χ1n) is 8.83. The molecule has 150 valence electrons. The highest BCUT2D eigenvalue weighted by Gasteiger charge is 2.13. The summed E-state index contributed by atoms with van der Waals surface area (Å²) in [6, 6.07) is 15.4. The average molecular weight is 414 g/mol. The van der Waals surface area contributed by atoms with Crippen molar-refractivity contribution in [2.45, 2.75) is 6.54 Å². The Kier molecular flexibility index (Phi) is 6.76. The summed E-state index contributed by atoms with van der Waals surface area (Å²) in [5.74, 6) is 0.567. The Morgan fingerprint density at radius 2 is 1.90 bits per heavy atom. The lowest BCUT2D eigenvalue weighted by Crippen LogP contribution is -2.26. The molecule has 0 saturated heterocycles. The molecular weight excluding hydrogens is 394 g/mol. The maximum Gasteiger partial charge on any atom is 0.253 e. The van der Waals surface area contributed by atoms with Crippen LogP contribution in [0.3, 0.4) is 0 Å². The minimum absolute atomic E-state index is 0.0435. The fraction of sp³-hybridized carbons (Fsp3) is 0.143. The standard InChI is InChI=1S/C21H20ClN3O4/c1-28-19-9-8-14(22)11-18(19)25-20(26)13-23-17-7-3-2-6-16(17)21(27)24-12-15-5-4-10-29-15/h2-11,23H,12-13H2,1H3,(H,24,27)(H,25,26). The van der Waals surface area contributed by atoms with Crippen molar-refractivity contribution in [1.82, 2.24) is 5.32 Å². The van der Waals surface area contributed by atoms with Gasteiger partial charge in [0.05, 0.1) is 37.7 Å². The molecule has 0 aliphatic rings. The number of amides is 2. The summed E-state index contributed by atoms with van der Waals surface area (Å²) < 4.78 is 10.4. The lowest BCUT2D eigenvalue weighted by molar-refractivity contribution is -0.114. The van der Waals surface area contributed by atoms with Crippen LogP contribution in [0.1, 0.15) is 16.1 Å². The summed E-state index contributed by atoms with van der Waals surface area (Å²) in [4.78, 5) is 24.8. The number of halogens is 1. The second-order valence-corrected chi connectivity index (χ2v) is 6.49. The Morgan fingerprint density at radius 1 is 1.07 bits per heavy atom. The van der Waals surface area contributed by atoms with Gasteiger partial charge in [0.15, 0.2) is 0 Å². The molecule has 7 nitrogen and oxygen atoms in total. The quantitative estimate of drug-likeness (QED) is 0.520. The molecule has 0 saturated carbocycles. The average Bonchev–Trinajstić information content (AvgIpc) is 3.24. The van der Waals surface area contributed by atoms with Gasteiger partial charge in [0.1, 0.15) is 11.5 Å². The summed E-state index contributed by atoms with van der Waals surface area (Å²) in [5, 5.41) is 9.00. The van der Waals surface area contributed by atoms with Crippen LogP contribution >= 0.6 is 11.6 Å². The van der Waals surface area contributed by atoms with Gasteiger partial charge in [0.25, 0.3) is 5.91 Å². The highest BCUT2D eigenvalue weighted by Crippen LogP contribution is 2.27.